The van der Waals surface area contributed by atoms with Gasteiger partial charge in [-0.2, -0.15) is 0 Å². The van der Waals surface area contributed by atoms with E-state index in [1.54, 1.807) is 32.4 Å². The van der Waals surface area contributed by atoms with E-state index in [1.807, 2.05) is 17.0 Å². The van der Waals surface area contributed by atoms with Crippen LogP contribution in [0.2, 0.25) is 0 Å². The van der Waals surface area contributed by atoms with Crippen LogP contribution in [-0.4, -0.2) is 56.1 Å². The molecule has 0 aliphatic carbocycles. The molecule has 144 valence electrons. The van der Waals surface area contributed by atoms with Gasteiger partial charge in [-0.3, -0.25) is 9.69 Å². The van der Waals surface area contributed by atoms with Crippen LogP contribution < -0.4 is 9.47 Å². The molecule has 27 heavy (non-hydrogen) atoms. The Bertz CT molecular complexity index is 779. The van der Waals surface area contributed by atoms with Crippen molar-refractivity contribution in [2.45, 2.75) is 13.0 Å². The van der Waals surface area contributed by atoms with Gasteiger partial charge in [0, 0.05) is 38.3 Å². The van der Waals surface area contributed by atoms with Crippen LogP contribution in [0, 0.1) is 5.82 Å². The Balaban J connectivity index is 1.63. The van der Waals surface area contributed by atoms with Crippen molar-refractivity contribution in [2.24, 2.45) is 0 Å². The molecule has 1 amide bonds. The fourth-order valence-corrected chi connectivity index (χ4v) is 3.33. The molecule has 1 aliphatic rings. The van der Waals surface area contributed by atoms with Crippen LogP contribution in [-0.2, 0) is 6.54 Å². The van der Waals surface area contributed by atoms with Crippen molar-refractivity contribution in [3.63, 3.8) is 0 Å². The first-order valence-electron chi connectivity index (χ1n) is 9.09. The van der Waals surface area contributed by atoms with E-state index in [9.17, 15) is 9.18 Å². The van der Waals surface area contributed by atoms with Gasteiger partial charge in [-0.25, -0.2) is 4.39 Å². The van der Waals surface area contributed by atoms with Gasteiger partial charge in [-0.15, -0.1) is 0 Å². The highest BCUT2D eigenvalue weighted by molar-refractivity contribution is 5.95. The van der Waals surface area contributed by atoms with Crippen LogP contribution in [0.15, 0.2) is 42.5 Å². The minimum Gasteiger partial charge on any atom is -0.493 e. The van der Waals surface area contributed by atoms with E-state index in [0.717, 1.165) is 31.6 Å². The molecule has 0 saturated carbocycles. The van der Waals surface area contributed by atoms with Crippen LogP contribution >= 0.6 is 0 Å². The number of benzene rings is 2. The minimum absolute atomic E-state index is 0.000384. The molecule has 2 aromatic carbocycles. The van der Waals surface area contributed by atoms with Gasteiger partial charge in [-0.1, -0.05) is 12.1 Å². The molecule has 1 aliphatic heterocycles. The molecule has 0 N–H and O–H groups in total. The van der Waals surface area contributed by atoms with Gasteiger partial charge in [0.25, 0.3) is 5.91 Å². The molecule has 1 saturated heterocycles. The molecule has 3 rings (SSSR count). The Kier molecular flexibility index (Phi) is 6.29. The van der Waals surface area contributed by atoms with Crippen molar-refractivity contribution < 1.29 is 18.7 Å². The first kappa shape index (κ1) is 19.2. The summed E-state index contributed by atoms with van der Waals surface area (Å²) in [6, 6.07) is 11.8. The summed E-state index contributed by atoms with van der Waals surface area (Å²) < 4.78 is 23.6. The van der Waals surface area contributed by atoms with Crippen molar-refractivity contribution in [3.8, 4) is 11.5 Å². The standard InChI is InChI=1S/C21H25FN2O3/c1-26-19-9-6-17(14-20(19)27-2)21(25)24-11-3-10-23(12-13-24)15-16-4-7-18(22)8-5-16/h4-9,14H,3,10-13,15H2,1-2H3. The fraction of sp³-hybridized carbons (Fsp3) is 0.381. The van der Waals surface area contributed by atoms with E-state index in [0.29, 0.717) is 30.2 Å². The lowest BCUT2D eigenvalue weighted by atomic mass is 10.1. The summed E-state index contributed by atoms with van der Waals surface area (Å²) in [5, 5.41) is 0. The normalized spacial score (nSPS) is 15.3. The number of amides is 1. The summed E-state index contributed by atoms with van der Waals surface area (Å²) in [5.41, 5.74) is 1.68. The Labute approximate surface area is 159 Å². The molecule has 0 aromatic heterocycles. The summed E-state index contributed by atoms with van der Waals surface area (Å²) >= 11 is 0. The maximum absolute atomic E-state index is 13.1. The number of nitrogens with zero attached hydrogens (tertiary/aromatic N) is 2. The smallest absolute Gasteiger partial charge is 0.254 e. The predicted molar refractivity (Wildman–Crippen MR) is 102 cm³/mol. The zero-order valence-corrected chi connectivity index (χ0v) is 15.8. The average Bonchev–Trinajstić information content (AvgIpc) is 2.94. The van der Waals surface area contributed by atoms with Crippen LogP contribution in [0.4, 0.5) is 4.39 Å². The van der Waals surface area contributed by atoms with E-state index < -0.39 is 0 Å². The van der Waals surface area contributed by atoms with Gasteiger partial charge in [-0.05, 0) is 42.3 Å². The Morgan fingerprint density at radius 1 is 0.963 bits per heavy atom. The second kappa shape index (κ2) is 8.86. The molecule has 6 heteroatoms. The number of hydrogen-bond donors (Lipinski definition) is 0. The first-order chi connectivity index (χ1) is 13.1. The molecular weight excluding hydrogens is 347 g/mol. The number of hydrogen-bond acceptors (Lipinski definition) is 4. The number of carbonyl (C=O) groups is 1. The quantitative estimate of drug-likeness (QED) is 0.808. The molecule has 0 bridgehead atoms. The van der Waals surface area contributed by atoms with Crippen molar-refractivity contribution in [3.05, 3.63) is 59.4 Å². The number of halogens is 1. The number of ether oxygens (including phenoxy) is 2. The zero-order chi connectivity index (χ0) is 19.2. The molecule has 2 aromatic rings. The molecule has 0 unspecified atom stereocenters. The van der Waals surface area contributed by atoms with E-state index in [4.69, 9.17) is 9.47 Å². The van der Waals surface area contributed by atoms with Gasteiger partial charge < -0.3 is 14.4 Å². The lowest BCUT2D eigenvalue weighted by molar-refractivity contribution is 0.0760. The third-order valence-corrected chi connectivity index (χ3v) is 4.83. The van der Waals surface area contributed by atoms with Crippen molar-refractivity contribution in [2.75, 3.05) is 40.4 Å². The third kappa shape index (κ3) is 4.77. The van der Waals surface area contributed by atoms with Crippen molar-refractivity contribution >= 4 is 5.91 Å². The molecule has 5 nitrogen and oxygen atoms in total. The summed E-state index contributed by atoms with van der Waals surface area (Å²) in [6.45, 7) is 3.84. The summed E-state index contributed by atoms with van der Waals surface area (Å²) in [4.78, 5) is 17.1. The minimum atomic E-state index is -0.221. The van der Waals surface area contributed by atoms with E-state index in [-0.39, 0.29) is 11.7 Å². The monoisotopic (exact) mass is 372 g/mol. The summed E-state index contributed by atoms with van der Waals surface area (Å²) in [5.74, 6) is 0.937. The van der Waals surface area contributed by atoms with Crippen molar-refractivity contribution in [1.29, 1.82) is 0 Å². The topological polar surface area (TPSA) is 42.0 Å². The second-order valence-electron chi connectivity index (χ2n) is 6.62. The Morgan fingerprint density at radius 3 is 2.41 bits per heavy atom. The van der Waals surface area contributed by atoms with E-state index in [2.05, 4.69) is 4.90 Å². The summed E-state index contributed by atoms with van der Waals surface area (Å²) in [7, 11) is 3.13. The number of carbonyl (C=O) groups excluding carboxylic acids is 1. The van der Waals surface area contributed by atoms with Gasteiger partial charge in [0.05, 0.1) is 14.2 Å². The lowest BCUT2D eigenvalue weighted by Gasteiger charge is -2.22. The molecule has 1 heterocycles. The van der Waals surface area contributed by atoms with Crippen molar-refractivity contribution in [1.82, 2.24) is 9.80 Å². The lowest BCUT2D eigenvalue weighted by Crippen LogP contribution is -2.35. The fourth-order valence-electron chi connectivity index (χ4n) is 3.33. The Morgan fingerprint density at radius 2 is 1.70 bits per heavy atom. The molecule has 0 radical (unpaired) electrons. The molecule has 0 spiro atoms. The maximum atomic E-state index is 13.1. The molecular formula is C21H25FN2O3. The maximum Gasteiger partial charge on any atom is 0.254 e. The van der Waals surface area contributed by atoms with Crippen LogP contribution in [0.25, 0.3) is 0 Å². The van der Waals surface area contributed by atoms with E-state index >= 15 is 0 Å². The summed E-state index contributed by atoms with van der Waals surface area (Å²) in [6.07, 6.45) is 0.903. The number of rotatable bonds is 5. The van der Waals surface area contributed by atoms with E-state index in [1.165, 1.54) is 12.1 Å². The highest BCUT2D eigenvalue weighted by Crippen LogP contribution is 2.28. The molecule has 1 fully saturated rings. The highest BCUT2D eigenvalue weighted by Gasteiger charge is 2.21. The predicted octanol–water partition coefficient (Wildman–Crippen LogP) is 3.19. The average molecular weight is 372 g/mol. The third-order valence-electron chi connectivity index (χ3n) is 4.83. The molecule has 0 atom stereocenters. The Hall–Kier alpha value is -2.60. The van der Waals surface area contributed by atoms with Gasteiger partial charge >= 0.3 is 0 Å². The van der Waals surface area contributed by atoms with Crippen LogP contribution in [0.3, 0.4) is 0 Å². The second-order valence-corrected chi connectivity index (χ2v) is 6.62. The van der Waals surface area contributed by atoms with Gasteiger partial charge in [0.1, 0.15) is 5.82 Å². The van der Waals surface area contributed by atoms with Crippen LogP contribution in [0.1, 0.15) is 22.3 Å². The van der Waals surface area contributed by atoms with Gasteiger partial charge in [0.2, 0.25) is 0 Å². The zero-order valence-electron chi connectivity index (χ0n) is 15.8. The highest BCUT2D eigenvalue weighted by atomic mass is 19.1. The van der Waals surface area contributed by atoms with Gasteiger partial charge in [0.15, 0.2) is 11.5 Å². The van der Waals surface area contributed by atoms with Crippen LogP contribution in [0.5, 0.6) is 11.5 Å². The SMILES string of the molecule is COc1ccc(C(=O)N2CCCN(Cc3ccc(F)cc3)CC2)cc1OC. The number of methoxy groups -OCH3 is 2. The first-order valence-corrected chi connectivity index (χ1v) is 9.09. The largest absolute Gasteiger partial charge is 0.493 e.